The summed E-state index contributed by atoms with van der Waals surface area (Å²) in [4.78, 5) is 23.9. The van der Waals surface area contributed by atoms with Gasteiger partial charge >= 0.3 is 13.8 Å². The minimum Gasteiger partial charge on any atom is -0.736 e. The van der Waals surface area contributed by atoms with Crippen LogP contribution in [0.1, 0.15) is 9.67 Å². The van der Waals surface area contributed by atoms with E-state index in [-0.39, 0.29) is 10.6 Å². The standard InChI is InChI=1S/C15H11O5PS/c16-15(14-10-11-6-4-5-9-13(11)22-14)20-21(17,18)19-12-7-2-1-3-8-12/h1-10H,(H,17,18)/p-1. The van der Waals surface area contributed by atoms with Crippen molar-refractivity contribution in [3.8, 4) is 5.75 Å². The molecule has 1 aromatic heterocycles. The molecule has 0 amide bonds. The van der Waals surface area contributed by atoms with E-state index < -0.39 is 13.8 Å². The number of fused-ring (bicyclic) bond motifs is 1. The maximum atomic E-state index is 12.0. The maximum absolute atomic E-state index is 12.0. The molecule has 7 heteroatoms. The summed E-state index contributed by atoms with van der Waals surface area (Å²) in [5.41, 5.74) is 0. The number of rotatable bonds is 4. The molecule has 0 aliphatic carbocycles. The van der Waals surface area contributed by atoms with Gasteiger partial charge in [0.1, 0.15) is 10.6 Å². The number of phosphoric acid groups is 1. The Labute approximate surface area is 130 Å². The lowest BCUT2D eigenvalue weighted by atomic mass is 10.2. The third-order valence-electron chi connectivity index (χ3n) is 2.78. The van der Waals surface area contributed by atoms with E-state index in [4.69, 9.17) is 4.52 Å². The molecule has 1 unspecified atom stereocenters. The van der Waals surface area contributed by atoms with Gasteiger partial charge in [-0.25, -0.2) is 9.36 Å². The lowest BCUT2D eigenvalue weighted by Crippen LogP contribution is -2.14. The van der Waals surface area contributed by atoms with E-state index in [0.29, 0.717) is 0 Å². The van der Waals surface area contributed by atoms with Gasteiger partial charge in [-0.3, -0.25) is 0 Å². The average molecular weight is 333 g/mol. The van der Waals surface area contributed by atoms with Crippen molar-refractivity contribution in [1.82, 2.24) is 0 Å². The highest BCUT2D eigenvalue weighted by Gasteiger charge is 2.20. The highest BCUT2D eigenvalue weighted by atomic mass is 32.1. The molecule has 0 bridgehead atoms. The Hall–Kier alpha value is -2.14. The van der Waals surface area contributed by atoms with Crippen LogP contribution in [-0.2, 0) is 9.09 Å². The lowest BCUT2D eigenvalue weighted by molar-refractivity contribution is -0.211. The van der Waals surface area contributed by atoms with Gasteiger partial charge in [0, 0.05) is 4.70 Å². The molecule has 0 spiro atoms. The van der Waals surface area contributed by atoms with Gasteiger partial charge in [-0.15, -0.1) is 11.3 Å². The van der Waals surface area contributed by atoms with E-state index in [1.54, 1.807) is 24.3 Å². The molecule has 22 heavy (non-hydrogen) atoms. The van der Waals surface area contributed by atoms with Gasteiger partial charge in [-0.05, 0) is 29.7 Å². The molecule has 0 saturated heterocycles. The molecule has 0 radical (unpaired) electrons. The third kappa shape index (κ3) is 3.36. The van der Waals surface area contributed by atoms with Crippen molar-refractivity contribution in [2.45, 2.75) is 0 Å². The van der Waals surface area contributed by atoms with Crippen LogP contribution in [0.3, 0.4) is 0 Å². The fourth-order valence-electron chi connectivity index (χ4n) is 1.86. The van der Waals surface area contributed by atoms with Crippen LogP contribution in [0.15, 0.2) is 60.7 Å². The van der Waals surface area contributed by atoms with Crippen LogP contribution in [0.4, 0.5) is 0 Å². The zero-order valence-electron chi connectivity index (χ0n) is 11.2. The Morgan fingerprint density at radius 3 is 2.45 bits per heavy atom. The van der Waals surface area contributed by atoms with Crippen LogP contribution in [0, 0.1) is 0 Å². The third-order valence-corrected chi connectivity index (χ3v) is 4.70. The summed E-state index contributed by atoms with van der Waals surface area (Å²) in [7, 11) is -4.77. The monoisotopic (exact) mass is 333 g/mol. The van der Waals surface area contributed by atoms with Crippen LogP contribution in [0.5, 0.6) is 5.75 Å². The number of carbonyl (C=O) groups is 1. The van der Waals surface area contributed by atoms with Crippen molar-refractivity contribution in [1.29, 1.82) is 0 Å². The topological polar surface area (TPSA) is 75.7 Å². The van der Waals surface area contributed by atoms with Crippen molar-refractivity contribution in [3.05, 3.63) is 65.5 Å². The molecule has 0 aliphatic heterocycles. The molecule has 1 atom stereocenters. The first-order valence-electron chi connectivity index (χ1n) is 6.32. The molecule has 1 heterocycles. The minimum atomic E-state index is -4.77. The summed E-state index contributed by atoms with van der Waals surface area (Å²) in [6.45, 7) is 0. The quantitative estimate of drug-likeness (QED) is 0.682. The Kier molecular flexibility index (Phi) is 3.98. The first-order valence-corrected chi connectivity index (χ1v) is 8.59. The molecule has 5 nitrogen and oxygen atoms in total. The lowest BCUT2D eigenvalue weighted by Gasteiger charge is -2.22. The molecule has 0 fully saturated rings. The Morgan fingerprint density at radius 1 is 1.05 bits per heavy atom. The summed E-state index contributed by atoms with van der Waals surface area (Å²) in [6.07, 6.45) is 0. The predicted molar refractivity (Wildman–Crippen MR) is 81.9 cm³/mol. The number of phosphoric ester groups is 1. The molecule has 2 aromatic carbocycles. The van der Waals surface area contributed by atoms with Gasteiger partial charge in [0.25, 0.3) is 0 Å². The molecule has 3 rings (SSSR count). The molecular formula is C15H10O5PS-. The van der Waals surface area contributed by atoms with Crippen LogP contribution < -0.4 is 9.42 Å². The zero-order valence-corrected chi connectivity index (χ0v) is 12.9. The molecule has 0 aliphatic rings. The number of thiophene rings is 1. The summed E-state index contributed by atoms with van der Waals surface area (Å²) in [6, 6.07) is 16.8. The molecule has 112 valence electrons. The summed E-state index contributed by atoms with van der Waals surface area (Å²) in [5, 5.41) is 0.851. The van der Waals surface area contributed by atoms with Crippen molar-refractivity contribution >= 4 is 35.2 Å². The van der Waals surface area contributed by atoms with Gasteiger partial charge in [-0.2, -0.15) is 0 Å². The van der Waals surface area contributed by atoms with Crippen molar-refractivity contribution in [2.75, 3.05) is 0 Å². The Balaban J connectivity index is 1.76. The maximum Gasteiger partial charge on any atom is 0.375 e. The van der Waals surface area contributed by atoms with Crippen molar-refractivity contribution in [3.63, 3.8) is 0 Å². The second-order valence-corrected chi connectivity index (χ2v) is 6.72. The van der Waals surface area contributed by atoms with Crippen LogP contribution >= 0.6 is 19.2 Å². The molecule has 0 saturated carbocycles. The first-order chi connectivity index (χ1) is 10.5. The largest absolute Gasteiger partial charge is 0.736 e. The predicted octanol–water partition coefficient (Wildman–Crippen LogP) is 3.61. The number of hydrogen-bond donors (Lipinski definition) is 0. The van der Waals surface area contributed by atoms with Gasteiger partial charge in [0.2, 0.25) is 0 Å². The Bertz CT molecular complexity index is 826. The fourth-order valence-corrected chi connectivity index (χ4v) is 3.58. The number of hydrogen-bond acceptors (Lipinski definition) is 6. The summed E-state index contributed by atoms with van der Waals surface area (Å²) < 4.78 is 21.9. The van der Waals surface area contributed by atoms with Crippen LogP contribution in [0.25, 0.3) is 10.1 Å². The summed E-state index contributed by atoms with van der Waals surface area (Å²) >= 11 is 1.16. The SMILES string of the molecule is O=C(OP(=O)([O-])Oc1ccccc1)c1cc2ccccc2s1. The van der Waals surface area contributed by atoms with Crippen LogP contribution in [-0.4, -0.2) is 5.97 Å². The van der Waals surface area contributed by atoms with E-state index in [9.17, 15) is 14.3 Å². The van der Waals surface area contributed by atoms with Gasteiger partial charge < -0.3 is 13.9 Å². The van der Waals surface area contributed by atoms with Gasteiger partial charge in [0.05, 0.1) is 0 Å². The second-order valence-electron chi connectivity index (χ2n) is 4.38. The number of para-hydroxylation sites is 1. The number of benzene rings is 2. The molecule has 3 aromatic rings. The van der Waals surface area contributed by atoms with E-state index in [0.717, 1.165) is 21.4 Å². The van der Waals surface area contributed by atoms with Gasteiger partial charge in [-0.1, -0.05) is 36.4 Å². The van der Waals surface area contributed by atoms with Crippen LogP contribution in [0.2, 0.25) is 0 Å². The summed E-state index contributed by atoms with van der Waals surface area (Å²) in [5.74, 6) is -0.861. The van der Waals surface area contributed by atoms with E-state index >= 15 is 0 Å². The Morgan fingerprint density at radius 2 is 1.73 bits per heavy atom. The van der Waals surface area contributed by atoms with E-state index in [1.165, 1.54) is 12.1 Å². The zero-order chi connectivity index (χ0) is 15.6. The normalized spacial score (nSPS) is 13.5. The highest BCUT2D eigenvalue weighted by molar-refractivity contribution is 7.47. The highest BCUT2D eigenvalue weighted by Crippen LogP contribution is 2.41. The average Bonchev–Trinajstić information content (AvgIpc) is 2.91. The van der Waals surface area contributed by atoms with Crippen molar-refractivity contribution < 1.29 is 23.3 Å². The van der Waals surface area contributed by atoms with Crippen molar-refractivity contribution in [2.24, 2.45) is 0 Å². The number of carbonyl (C=O) groups excluding carboxylic acids is 1. The fraction of sp³-hybridized carbons (Fsp3) is 0. The van der Waals surface area contributed by atoms with E-state index in [2.05, 4.69) is 4.52 Å². The molecule has 0 N–H and O–H groups in total. The second kappa shape index (κ2) is 5.93. The molecular weight excluding hydrogens is 323 g/mol. The van der Waals surface area contributed by atoms with Gasteiger partial charge in [0.15, 0.2) is 0 Å². The smallest absolute Gasteiger partial charge is 0.375 e. The minimum absolute atomic E-state index is 0.0879. The first kappa shape index (κ1) is 14.8. The van der Waals surface area contributed by atoms with E-state index in [1.807, 2.05) is 24.3 Å².